The predicted octanol–water partition coefficient (Wildman–Crippen LogP) is 2.96. The molecule has 2 heterocycles. The lowest BCUT2D eigenvalue weighted by Gasteiger charge is -2.31. The van der Waals surface area contributed by atoms with E-state index in [1.54, 1.807) is 33.8 Å². The Labute approximate surface area is 196 Å². The zero-order valence-corrected chi connectivity index (χ0v) is 18.7. The highest BCUT2D eigenvalue weighted by Gasteiger charge is 2.32. The maximum atomic E-state index is 13.3. The monoisotopic (exact) mass is 454 g/mol. The highest BCUT2D eigenvalue weighted by Crippen LogP contribution is 2.35. The highest BCUT2D eigenvalue weighted by atomic mass is 16.3. The van der Waals surface area contributed by atoms with Crippen LogP contribution in [0.25, 0.3) is 11.3 Å². The molecule has 2 amide bonds. The first-order valence-electron chi connectivity index (χ1n) is 10.7. The molecule has 0 saturated heterocycles. The second-order valence-corrected chi connectivity index (χ2v) is 8.21. The van der Waals surface area contributed by atoms with Gasteiger partial charge in [-0.05, 0) is 48.4 Å². The smallest absolute Gasteiger partial charge is 0.272 e. The van der Waals surface area contributed by atoms with Gasteiger partial charge in [0.25, 0.3) is 5.91 Å². The molecule has 1 aliphatic rings. The molecule has 0 aliphatic carbocycles. The molecular formula is C25H22N6O3. The maximum absolute atomic E-state index is 13.3. The van der Waals surface area contributed by atoms with E-state index in [1.807, 2.05) is 25.1 Å². The fourth-order valence-electron chi connectivity index (χ4n) is 4.18. The number of nitriles is 2. The largest absolute Gasteiger partial charge is 0.392 e. The summed E-state index contributed by atoms with van der Waals surface area (Å²) in [5.74, 6) is -0.524. The summed E-state index contributed by atoms with van der Waals surface area (Å²) in [6.45, 7) is 3.79. The molecule has 4 rings (SSSR count). The van der Waals surface area contributed by atoms with Crippen molar-refractivity contribution in [2.45, 2.75) is 33.0 Å². The van der Waals surface area contributed by atoms with Crippen molar-refractivity contribution < 1.29 is 14.7 Å². The minimum Gasteiger partial charge on any atom is -0.392 e. The molecule has 0 spiro atoms. The van der Waals surface area contributed by atoms with Gasteiger partial charge in [-0.3, -0.25) is 14.3 Å². The van der Waals surface area contributed by atoms with E-state index in [0.717, 1.165) is 5.56 Å². The van der Waals surface area contributed by atoms with E-state index in [1.165, 1.54) is 13.0 Å². The maximum Gasteiger partial charge on any atom is 0.272 e. The molecule has 0 fully saturated rings. The fourth-order valence-corrected chi connectivity index (χ4v) is 4.18. The van der Waals surface area contributed by atoms with Crippen LogP contribution in [0.2, 0.25) is 0 Å². The van der Waals surface area contributed by atoms with Gasteiger partial charge in [0.15, 0.2) is 0 Å². The molecule has 170 valence electrons. The first-order valence-corrected chi connectivity index (χ1v) is 10.7. The number of benzene rings is 2. The third-order valence-electron chi connectivity index (χ3n) is 5.69. The first-order chi connectivity index (χ1) is 16.3. The lowest BCUT2D eigenvalue weighted by atomic mass is 9.99. The number of carbonyl (C=O) groups is 2. The van der Waals surface area contributed by atoms with Gasteiger partial charge < -0.3 is 15.3 Å². The highest BCUT2D eigenvalue weighted by molar-refractivity contribution is 5.98. The number of nitrogens with zero attached hydrogens (tertiary/aromatic N) is 5. The van der Waals surface area contributed by atoms with Gasteiger partial charge in [0, 0.05) is 25.6 Å². The summed E-state index contributed by atoms with van der Waals surface area (Å²) in [6, 6.07) is 15.8. The summed E-state index contributed by atoms with van der Waals surface area (Å²) in [6.07, 6.45) is 0. The lowest BCUT2D eigenvalue weighted by molar-refractivity contribution is -0.114. The first kappa shape index (κ1) is 22.7. The third kappa shape index (κ3) is 4.25. The molecule has 2 N–H and O–H groups in total. The summed E-state index contributed by atoms with van der Waals surface area (Å²) >= 11 is 0. The van der Waals surface area contributed by atoms with Crippen molar-refractivity contribution in [2.75, 3.05) is 11.9 Å². The van der Waals surface area contributed by atoms with Crippen LogP contribution in [0.3, 0.4) is 0 Å². The molecule has 3 aromatic rings. The van der Waals surface area contributed by atoms with E-state index >= 15 is 0 Å². The van der Waals surface area contributed by atoms with Crippen LogP contribution in [0.5, 0.6) is 0 Å². The lowest BCUT2D eigenvalue weighted by Crippen LogP contribution is -2.41. The number of amides is 2. The van der Waals surface area contributed by atoms with Crippen molar-refractivity contribution in [2.24, 2.45) is 0 Å². The SMILES string of the molecule is CC(=O)Nc1cc(C#N)cc(CO)c1-c1cc2n(n1)[C@@H](C)CN(Cc1ccc(C#N)cc1)C2=O. The van der Waals surface area contributed by atoms with Gasteiger partial charge in [0.2, 0.25) is 5.91 Å². The normalized spacial score (nSPS) is 14.8. The third-order valence-corrected chi connectivity index (χ3v) is 5.69. The van der Waals surface area contributed by atoms with E-state index in [-0.39, 0.29) is 24.5 Å². The summed E-state index contributed by atoms with van der Waals surface area (Å²) < 4.78 is 1.66. The van der Waals surface area contributed by atoms with Crippen molar-refractivity contribution in [3.05, 3.63) is 70.4 Å². The number of anilines is 1. The van der Waals surface area contributed by atoms with Crippen LogP contribution in [0.4, 0.5) is 5.69 Å². The minimum atomic E-state index is -0.367. The standard InChI is InChI=1S/C25H22N6O3/c1-15-12-30(13-18-5-3-17(10-26)4-6-18)25(34)23-9-22(29-31(15)23)24-20(14-32)7-19(11-27)8-21(24)28-16(2)33/h3-9,15,32H,12-14H2,1-2H3,(H,28,33)/t15-/m0/s1. The number of aliphatic hydroxyl groups excluding tert-OH is 1. The van der Waals surface area contributed by atoms with Crippen molar-refractivity contribution in [1.29, 1.82) is 10.5 Å². The number of aromatic nitrogens is 2. The number of hydrogen-bond acceptors (Lipinski definition) is 6. The van der Waals surface area contributed by atoms with Crippen LogP contribution in [0.15, 0.2) is 42.5 Å². The quantitative estimate of drug-likeness (QED) is 0.608. The summed E-state index contributed by atoms with van der Waals surface area (Å²) in [5, 5.41) is 35.6. The van der Waals surface area contributed by atoms with E-state index in [4.69, 9.17) is 5.26 Å². The van der Waals surface area contributed by atoms with Gasteiger partial charge >= 0.3 is 0 Å². The van der Waals surface area contributed by atoms with E-state index < -0.39 is 0 Å². The van der Waals surface area contributed by atoms with Crippen molar-refractivity contribution in [3.63, 3.8) is 0 Å². The van der Waals surface area contributed by atoms with E-state index in [0.29, 0.717) is 52.4 Å². The molecule has 0 saturated carbocycles. The number of aliphatic hydroxyl groups is 1. The van der Waals surface area contributed by atoms with Crippen molar-refractivity contribution >= 4 is 17.5 Å². The Hall–Kier alpha value is -4.47. The Balaban J connectivity index is 1.73. The minimum absolute atomic E-state index is 0.111. The molecule has 2 aromatic carbocycles. The van der Waals surface area contributed by atoms with Crippen molar-refractivity contribution in [1.82, 2.24) is 14.7 Å². The summed E-state index contributed by atoms with van der Waals surface area (Å²) in [5.41, 5.74) is 3.82. The van der Waals surface area contributed by atoms with Gasteiger partial charge in [0.1, 0.15) is 5.69 Å². The van der Waals surface area contributed by atoms with Crippen LogP contribution in [0.1, 0.15) is 52.6 Å². The molecule has 0 bridgehead atoms. The molecule has 1 aromatic heterocycles. The second-order valence-electron chi connectivity index (χ2n) is 8.21. The zero-order valence-electron chi connectivity index (χ0n) is 18.7. The fraction of sp³-hybridized carbons (Fsp3) is 0.240. The van der Waals surface area contributed by atoms with Gasteiger partial charge in [0.05, 0.1) is 47.3 Å². The molecule has 1 atom stereocenters. The second kappa shape index (κ2) is 9.18. The summed E-state index contributed by atoms with van der Waals surface area (Å²) in [7, 11) is 0. The number of nitrogens with one attached hydrogen (secondary N) is 1. The van der Waals surface area contributed by atoms with Crippen molar-refractivity contribution in [3.8, 4) is 23.4 Å². The van der Waals surface area contributed by atoms with Gasteiger partial charge in [-0.1, -0.05) is 12.1 Å². The molecule has 34 heavy (non-hydrogen) atoms. The van der Waals surface area contributed by atoms with Gasteiger partial charge in [-0.15, -0.1) is 0 Å². The Bertz CT molecular complexity index is 1360. The van der Waals surface area contributed by atoms with E-state index in [9.17, 15) is 20.0 Å². The van der Waals surface area contributed by atoms with Crippen LogP contribution in [0, 0.1) is 22.7 Å². The average molecular weight is 454 g/mol. The number of fused-ring (bicyclic) bond motifs is 1. The number of carbonyl (C=O) groups excluding carboxylic acids is 2. The zero-order chi connectivity index (χ0) is 24.4. The van der Waals surface area contributed by atoms with Crippen LogP contribution in [-0.4, -0.2) is 38.1 Å². The van der Waals surface area contributed by atoms with E-state index in [2.05, 4.69) is 16.5 Å². The molecule has 9 nitrogen and oxygen atoms in total. The Morgan fingerprint density at radius 3 is 2.50 bits per heavy atom. The van der Waals surface area contributed by atoms with Crippen LogP contribution >= 0.6 is 0 Å². The molecule has 0 radical (unpaired) electrons. The topological polar surface area (TPSA) is 135 Å². The van der Waals surface area contributed by atoms with Gasteiger partial charge in [-0.25, -0.2) is 0 Å². The number of rotatable bonds is 5. The Morgan fingerprint density at radius 1 is 1.18 bits per heavy atom. The van der Waals surface area contributed by atoms with Gasteiger partial charge in [-0.2, -0.15) is 15.6 Å². The molecule has 9 heteroatoms. The number of hydrogen-bond donors (Lipinski definition) is 2. The molecule has 1 aliphatic heterocycles. The Kier molecular flexibility index (Phi) is 6.13. The summed E-state index contributed by atoms with van der Waals surface area (Å²) in [4.78, 5) is 26.8. The average Bonchev–Trinajstić information content (AvgIpc) is 3.27. The predicted molar refractivity (Wildman–Crippen MR) is 123 cm³/mol. The van der Waals surface area contributed by atoms with Crippen LogP contribution in [-0.2, 0) is 17.9 Å². The Morgan fingerprint density at radius 2 is 1.88 bits per heavy atom. The molecule has 0 unspecified atom stereocenters. The molecular weight excluding hydrogens is 432 g/mol. The van der Waals surface area contributed by atoms with Crippen LogP contribution < -0.4 is 5.32 Å².